The van der Waals surface area contributed by atoms with Crippen LogP contribution in [0.2, 0.25) is 0 Å². The van der Waals surface area contributed by atoms with Crippen LogP contribution in [0.3, 0.4) is 0 Å². The molecule has 0 aliphatic heterocycles. The summed E-state index contributed by atoms with van der Waals surface area (Å²) in [6, 6.07) is 7.17. The van der Waals surface area contributed by atoms with Crippen molar-refractivity contribution in [2.24, 2.45) is 5.73 Å². The minimum Gasteiger partial charge on any atom is -0.450 e. The van der Waals surface area contributed by atoms with Gasteiger partial charge in [0.05, 0.1) is 12.2 Å². The summed E-state index contributed by atoms with van der Waals surface area (Å²) in [7, 11) is 1.51. The van der Waals surface area contributed by atoms with Gasteiger partial charge in [-0.15, -0.1) is 11.3 Å². The molecule has 0 atom stereocenters. The summed E-state index contributed by atoms with van der Waals surface area (Å²) in [6.45, 7) is -0.362. The maximum Gasteiger partial charge on any atom is 0.375 e. The number of benzene rings is 1. The zero-order valence-electron chi connectivity index (χ0n) is 16.3. The Bertz CT molecular complexity index is 1150. The summed E-state index contributed by atoms with van der Waals surface area (Å²) in [6.07, 6.45) is 2.59. The number of hydrogen-bond donors (Lipinski definition) is 2. The van der Waals surface area contributed by atoms with E-state index in [1.54, 1.807) is 12.1 Å². The topological polar surface area (TPSA) is 121 Å². The van der Waals surface area contributed by atoms with E-state index in [1.165, 1.54) is 18.4 Å². The number of methoxy groups -OCH3 is 1. The number of para-hydroxylation sites is 1. The van der Waals surface area contributed by atoms with Crippen molar-refractivity contribution in [2.45, 2.75) is 25.9 Å². The molecule has 0 bridgehead atoms. The molecule has 30 heavy (non-hydrogen) atoms. The Labute approximate surface area is 175 Å². The van der Waals surface area contributed by atoms with Gasteiger partial charge in [-0.05, 0) is 30.9 Å². The number of nitrogens with one attached hydrogen (secondary N) is 1. The van der Waals surface area contributed by atoms with E-state index in [4.69, 9.17) is 19.6 Å². The Morgan fingerprint density at radius 2 is 2.03 bits per heavy atom. The minimum atomic E-state index is -0.766. The third-order valence-electron chi connectivity index (χ3n) is 4.93. The first-order valence-electron chi connectivity index (χ1n) is 9.40. The van der Waals surface area contributed by atoms with Crippen LogP contribution in [0.5, 0.6) is 0 Å². The molecule has 3 N–H and O–H groups in total. The predicted octanol–water partition coefficient (Wildman–Crippen LogP) is 3.02. The molecule has 3 aromatic rings. The number of esters is 1. The maximum atomic E-state index is 12.5. The number of thiophene rings is 1. The van der Waals surface area contributed by atoms with E-state index in [-0.39, 0.29) is 12.4 Å². The van der Waals surface area contributed by atoms with Gasteiger partial charge >= 0.3 is 5.97 Å². The quantitative estimate of drug-likeness (QED) is 0.558. The summed E-state index contributed by atoms with van der Waals surface area (Å²) in [5.41, 5.74) is 7.84. The Morgan fingerprint density at radius 3 is 2.80 bits per heavy atom. The highest BCUT2D eigenvalue weighted by Crippen LogP contribution is 2.38. The molecule has 0 radical (unpaired) electrons. The van der Waals surface area contributed by atoms with Crippen LogP contribution in [-0.2, 0) is 33.7 Å². The van der Waals surface area contributed by atoms with E-state index in [0.29, 0.717) is 21.7 Å². The van der Waals surface area contributed by atoms with Crippen molar-refractivity contribution < 1.29 is 28.3 Å². The van der Waals surface area contributed by atoms with Crippen molar-refractivity contribution in [3.05, 3.63) is 51.6 Å². The second-order valence-corrected chi connectivity index (χ2v) is 7.99. The van der Waals surface area contributed by atoms with Gasteiger partial charge < -0.3 is 24.9 Å². The highest BCUT2D eigenvalue weighted by atomic mass is 32.1. The molecule has 1 aliphatic rings. The molecule has 9 heteroatoms. The Morgan fingerprint density at radius 1 is 1.23 bits per heavy atom. The van der Waals surface area contributed by atoms with Crippen LogP contribution >= 0.6 is 11.3 Å². The monoisotopic (exact) mass is 428 g/mol. The average molecular weight is 428 g/mol. The van der Waals surface area contributed by atoms with Crippen molar-refractivity contribution in [1.82, 2.24) is 0 Å². The molecule has 156 valence electrons. The summed E-state index contributed by atoms with van der Waals surface area (Å²) in [4.78, 5) is 37.8. The number of nitrogens with two attached hydrogens (primary N) is 1. The number of hydrogen-bond acceptors (Lipinski definition) is 7. The fraction of sp³-hybridized carbons (Fsp3) is 0.286. The summed E-state index contributed by atoms with van der Waals surface area (Å²) in [5.74, 6) is -1.90. The summed E-state index contributed by atoms with van der Waals surface area (Å²) >= 11 is 1.34. The molecule has 2 heterocycles. The second kappa shape index (κ2) is 8.29. The lowest BCUT2D eigenvalue weighted by molar-refractivity contribution is -0.119. The molecule has 1 aromatic carbocycles. The first-order valence-corrected chi connectivity index (χ1v) is 10.2. The molecule has 4 rings (SSSR count). The number of aryl methyl sites for hydroxylation is 1. The van der Waals surface area contributed by atoms with Gasteiger partial charge in [0.25, 0.3) is 11.8 Å². The summed E-state index contributed by atoms with van der Waals surface area (Å²) in [5, 5.41) is 3.79. The van der Waals surface area contributed by atoms with E-state index in [0.717, 1.165) is 35.1 Å². The van der Waals surface area contributed by atoms with Crippen molar-refractivity contribution in [2.75, 3.05) is 19.0 Å². The van der Waals surface area contributed by atoms with Gasteiger partial charge in [0, 0.05) is 22.9 Å². The second-order valence-electron chi connectivity index (χ2n) is 6.89. The molecular weight excluding hydrogens is 408 g/mol. The Hall–Kier alpha value is -3.17. The fourth-order valence-corrected chi connectivity index (χ4v) is 4.97. The van der Waals surface area contributed by atoms with Crippen LogP contribution in [0.4, 0.5) is 5.00 Å². The molecule has 0 saturated heterocycles. The standard InChI is InChI=1S/C21H20N2O6S/c1-27-9-13-11-5-2-3-7-14(11)29-18(13)21(26)28-10-16(24)23-20-17(19(22)25)12-6-4-8-15(12)30-20/h2-3,5,7H,4,6,8-10H2,1H3,(H2,22,25)(H,23,24). The first kappa shape index (κ1) is 20.1. The van der Waals surface area contributed by atoms with Crippen LogP contribution in [0.25, 0.3) is 11.0 Å². The molecular formula is C21H20N2O6S. The van der Waals surface area contributed by atoms with Gasteiger partial charge in [0.1, 0.15) is 10.6 Å². The lowest BCUT2D eigenvalue weighted by Crippen LogP contribution is -2.23. The molecule has 2 aromatic heterocycles. The van der Waals surface area contributed by atoms with Crippen molar-refractivity contribution >= 4 is 45.1 Å². The van der Waals surface area contributed by atoms with Gasteiger partial charge in [0.15, 0.2) is 6.61 Å². The highest BCUT2D eigenvalue weighted by molar-refractivity contribution is 7.17. The number of primary amides is 1. The Kier molecular flexibility index (Phi) is 5.56. The first-order chi connectivity index (χ1) is 14.5. The molecule has 0 unspecified atom stereocenters. The van der Waals surface area contributed by atoms with Crippen LogP contribution in [0, 0.1) is 0 Å². The largest absolute Gasteiger partial charge is 0.450 e. The SMILES string of the molecule is COCc1c(C(=O)OCC(=O)Nc2sc3c(c2C(N)=O)CCC3)oc2ccccc12. The number of ether oxygens (including phenoxy) is 2. The van der Waals surface area contributed by atoms with Gasteiger partial charge in [-0.25, -0.2) is 4.79 Å². The third-order valence-corrected chi connectivity index (χ3v) is 6.13. The van der Waals surface area contributed by atoms with Crippen molar-refractivity contribution in [3.8, 4) is 0 Å². The number of carbonyl (C=O) groups excluding carboxylic acids is 3. The predicted molar refractivity (Wildman–Crippen MR) is 111 cm³/mol. The van der Waals surface area contributed by atoms with E-state index in [2.05, 4.69) is 5.32 Å². The molecule has 0 spiro atoms. The van der Waals surface area contributed by atoms with Gasteiger partial charge in [-0.3, -0.25) is 9.59 Å². The van der Waals surface area contributed by atoms with Crippen LogP contribution in [0.1, 0.15) is 43.3 Å². The summed E-state index contributed by atoms with van der Waals surface area (Å²) < 4.78 is 15.9. The highest BCUT2D eigenvalue weighted by Gasteiger charge is 2.27. The zero-order chi connectivity index (χ0) is 21.3. The molecule has 1 aliphatic carbocycles. The molecule has 8 nitrogen and oxygen atoms in total. The number of fused-ring (bicyclic) bond motifs is 2. The van der Waals surface area contributed by atoms with Crippen molar-refractivity contribution in [3.63, 3.8) is 0 Å². The number of anilines is 1. The van der Waals surface area contributed by atoms with Crippen LogP contribution in [0.15, 0.2) is 28.7 Å². The smallest absolute Gasteiger partial charge is 0.375 e. The average Bonchev–Trinajstić information content (AvgIpc) is 3.39. The van der Waals surface area contributed by atoms with Gasteiger partial charge in [-0.2, -0.15) is 0 Å². The van der Waals surface area contributed by atoms with Gasteiger partial charge in [-0.1, -0.05) is 18.2 Å². The van der Waals surface area contributed by atoms with Crippen LogP contribution in [-0.4, -0.2) is 31.5 Å². The molecule has 0 saturated carbocycles. The van der Waals surface area contributed by atoms with E-state index >= 15 is 0 Å². The fourth-order valence-electron chi connectivity index (χ4n) is 3.66. The number of carbonyl (C=O) groups is 3. The number of rotatable bonds is 7. The Balaban J connectivity index is 1.46. The third kappa shape index (κ3) is 3.69. The lowest BCUT2D eigenvalue weighted by Gasteiger charge is -2.07. The maximum absolute atomic E-state index is 12.5. The molecule has 0 fully saturated rings. The van der Waals surface area contributed by atoms with Crippen LogP contribution < -0.4 is 11.1 Å². The van der Waals surface area contributed by atoms with E-state index in [9.17, 15) is 14.4 Å². The van der Waals surface area contributed by atoms with Gasteiger partial charge in [0.2, 0.25) is 5.76 Å². The lowest BCUT2D eigenvalue weighted by atomic mass is 10.1. The van der Waals surface area contributed by atoms with E-state index in [1.807, 2.05) is 12.1 Å². The normalized spacial score (nSPS) is 12.7. The zero-order valence-corrected chi connectivity index (χ0v) is 17.1. The molecule has 2 amide bonds. The van der Waals surface area contributed by atoms with Crippen molar-refractivity contribution in [1.29, 1.82) is 0 Å². The minimum absolute atomic E-state index is 0.00113. The number of amides is 2. The van der Waals surface area contributed by atoms with E-state index < -0.39 is 24.4 Å². The number of furan rings is 1.